The number of benzene rings is 1. The van der Waals surface area contributed by atoms with Gasteiger partial charge >= 0.3 is 0 Å². The third-order valence-electron chi connectivity index (χ3n) is 3.05. The fraction of sp³-hybridized carbons (Fsp3) is 0.214. The van der Waals surface area contributed by atoms with Gasteiger partial charge in [-0.25, -0.2) is 0 Å². The fourth-order valence-corrected chi connectivity index (χ4v) is 2.11. The molecule has 1 aromatic carbocycles. The smallest absolute Gasteiger partial charge is 0.127 e. The molecule has 0 radical (unpaired) electrons. The Labute approximate surface area is 105 Å². The predicted molar refractivity (Wildman–Crippen MR) is 67.4 cm³/mol. The van der Waals surface area contributed by atoms with Crippen molar-refractivity contribution in [3.63, 3.8) is 0 Å². The van der Waals surface area contributed by atoms with Crippen LogP contribution in [0.1, 0.15) is 17.2 Å². The summed E-state index contributed by atoms with van der Waals surface area (Å²) in [4.78, 5) is 4.08. The van der Waals surface area contributed by atoms with E-state index in [1.165, 1.54) is 0 Å². The Hall–Kier alpha value is -2.07. The molecule has 1 aliphatic heterocycles. The molecule has 2 aromatic rings. The van der Waals surface area contributed by atoms with Crippen LogP contribution >= 0.6 is 0 Å². The Morgan fingerprint density at radius 2 is 2.33 bits per heavy atom. The number of ether oxygens (including phenoxy) is 1. The van der Waals surface area contributed by atoms with Gasteiger partial charge in [0.1, 0.15) is 18.1 Å². The summed E-state index contributed by atoms with van der Waals surface area (Å²) < 4.78 is 5.54. The van der Waals surface area contributed by atoms with Crippen molar-refractivity contribution in [2.24, 2.45) is 0 Å². The Morgan fingerprint density at radius 1 is 1.39 bits per heavy atom. The van der Waals surface area contributed by atoms with Crippen molar-refractivity contribution in [2.45, 2.75) is 12.6 Å². The van der Waals surface area contributed by atoms with Crippen LogP contribution < -0.4 is 10.1 Å². The lowest BCUT2D eigenvalue weighted by molar-refractivity contribution is 0.309. The van der Waals surface area contributed by atoms with E-state index in [0.29, 0.717) is 6.61 Å². The van der Waals surface area contributed by atoms with E-state index < -0.39 is 0 Å². The zero-order chi connectivity index (χ0) is 12.4. The Kier molecular flexibility index (Phi) is 2.86. The van der Waals surface area contributed by atoms with Gasteiger partial charge in [0.25, 0.3) is 0 Å². The van der Waals surface area contributed by atoms with E-state index in [1.807, 2.05) is 24.4 Å². The summed E-state index contributed by atoms with van der Waals surface area (Å²) >= 11 is 0. The number of nitrogens with zero attached hydrogens (tertiary/aromatic N) is 1. The van der Waals surface area contributed by atoms with Crippen LogP contribution in [0.5, 0.6) is 11.5 Å². The number of pyridine rings is 1. The maximum Gasteiger partial charge on any atom is 0.127 e. The lowest BCUT2D eigenvalue weighted by Gasteiger charge is -2.11. The first-order valence-corrected chi connectivity index (χ1v) is 5.91. The Bertz CT molecular complexity index is 543. The number of aromatic hydroxyl groups is 1. The second kappa shape index (κ2) is 4.66. The van der Waals surface area contributed by atoms with Gasteiger partial charge in [-0.1, -0.05) is 6.07 Å². The summed E-state index contributed by atoms with van der Waals surface area (Å²) in [6.45, 7) is 1.35. The van der Waals surface area contributed by atoms with Crippen LogP contribution in [0.4, 0.5) is 0 Å². The third kappa shape index (κ3) is 2.15. The molecule has 4 nitrogen and oxygen atoms in total. The Morgan fingerprint density at radius 3 is 3.17 bits per heavy atom. The van der Waals surface area contributed by atoms with Crippen molar-refractivity contribution in [2.75, 3.05) is 6.61 Å². The number of nitrogens with one attached hydrogen (secondary N) is 1. The summed E-state index contributed by atoms with van der Waals surface area (Å²) in [7, 11) is 0. The van der Waals surface area contributed by atoms with Crippen LogP contribution in [-0.2, 0) is 6.54 Å². The maximum atomic E-state index is 9.38. The van der Waals surface area contributed by atoms with E-state index in [0.717, 1.165) is 23.4 Å². The molecule has 0 spiro atoms. The SMILES string of the molecule is Oc1ccc2c(c1)OCC2NCc1cccnc1. The molecular weight excluding hydrogens is 228 g/mol. The molecule has 1 aliphatic rings. The third-order valence-corrected chi connectivity index (χ3v) is 3.05. The van der Waals surface area contributed by atoms with Crippen LogP contribution in [0, 0.1) is 0 Å². The quantitative estimate of drug-likeness (QED) is 0.864. The summed E-state index contributed by atoms with van der Waals surface area (Å²) in [5, 5.41) is 12.8. The van der Waals surface area contributed by atoms with Crippen LogP contribution in [0.3, 0.4) is 0 Å². The molecule has 2 heterocycles. The van der Waals surface area contributed by atoms with E-state index in [4.69, 9.17) is 4.74 Å². The van der Waals surface area contributed by atoms with Crippen LogP contribution in [0.25, 0.3) is 0 Å². The van der Waals surface area contributed by atoms with Crippen molar-refractivity contribution in [1.82, 2.24) is 10.3 Å². The molecule has 0 fully saturated rings. The molecule has 1 aromatic heterocycles. The summed E-state index contributed by atoms with van der Waals surface area (Å²) in [6, 6.07) is 9.37. The first kappa shape index (κ1) is 11.0. The van der Waals surface area contributed by atoms with Gasteiger partial charge in [-0.15, -0.1) is 0 Å². The number of phenols is 1. The van der Waals surface area contributed by atoms with Gasteiger partial charge in [0.15, 0.2) is 0 Å². The monoisotopic (exact) mass is 242 g/mol. The van der Waals surface area contributed by atoms with E-state index in [9.17, 15) is 5.11 Å². The number of phenolic OH excluding ortho intramolecular Hbond substituents is 1. The summed E-state index contributed by atoms with van der Waals surface area (Å²) in [5.41, 5.74) is 2.24. The number of hydrogen-bond donors (Lipinski definition) is 2. The second-order valence-corrected chi connectivity index (χ2v) is 4.33. The minimum Gasteiger partial charge on any atom is -0.508 e. The van der Waals surface area contributed by atoms with Crippen molar-refractivity contribution < 1.29 is 9.84 Å². The zero-order valence-electron chi connectivity index (χ0n) is 9.84. The largest absolute Gasteiger partial charge is 0.508 e. The van der Waals surface area contributed by atoms with Crippen molar-refractivity contribution >= 4 is 0 Å². The van der Waals surface area contributed by atoms with Gasteiger partial charge in [-0.3, -0.25) is 4.98 Å². The molecule has 2 N–H and O–H groups in total. The van der Waals surface area contributed by atoms with Crippen molar-refractivity contribution in [1.29, 1.82) is 0 Å². The zero-order valence-corrected chi connectivity index (χ0v) is 9.84. The van der Waals surface area contributed by atoms with Gasteiger partial charge in [-0.2, -0.15) is 0 Å². The second-order valence-electron chi connectivity index (χ2n) is 4.33. The lowest BCUT2D eigenvalue weighted by Crippen LogP contribution is -2.21. The molecule has 0 saturated carbocycles. The van der Waals surface area contributed by atoms with Crippen LogP contribution in [-0.4, -0.2) is 16.7 Å². The summed E-state index contributed by atoms with van der Waals surface area (Å²) in [6.07, 6.45) is 3.61. The first-order chi connectivity index (χ1) is 8.83. The normalized spacial score (nSPS) is 17.2. The molecule has 18 heavy (non-hydrogen) atoms. The molecule has 1 unspecified atom stereocenters. The molecule has 0 amide bonds. The molecule has 0 saturated heterocycles. The van der Waals surface area contributed by atoms with E-state index in [1.54, 1.807) is 18.3 Å². The average molecular weight is 242 g/mol. The highest BCUT2D eigenvalue weighted by atomic mass is 16.5. The molecule has 92 valence electrons. The standard InChI is InChI=1S/C14H14N2O2/c17-11-3-4-12-13(9-18-14(12)6-11)16-8-10-2-1-5-15-7-10/h1-7,13,16-17H,8-9H2. The first-order valence-electron chi connectivity index (χ1n) is 5.91. The van der Waals surface area contributed by atoms with E-state index in [-0.39, 0.29) is 11.8 Å². The van der Waals surface area contributed by atoms with Crippen LogP contribution in [0.2, 0.25) is 0 Å². The molecule has 0 bridgehead atoms. The van der Waals surface area contributed by atoms with Crippen molar-refractivity contribution in [3.05, 3.63) is 53.9 Å². The fourth-order valence-electron chi connectivity index (χ4n) is 2.11. The lowest BCUT2D eigenvalue weighted by atomic mass is 10.1. The number of fused-ring (bicyclic) bond motifs is 1. The highest BCUT2D eigenvalue weighted by Crippen LogP contribution is 2.34. The highest BCUT2D eigenvalue weighted by Gasteiger charge is 2.23. The van der Waals surface area contributed by atoms with Crippen LogP contribution in [0.15, 0.2) is 42.7 Å². The maximum absolute atomic E-state index is 9.38. The topological polar surface area (TPSA) is 54.4 Å². The molecule has 0 aliphatic carbocycles. The molecule has 3 rings (SSSR count). The van der Waals surface area contributed by atoms with Crippen molar-refractivity contribution in [3.8, 4) is 11.5 Å². The molecular formula is C14H14N2O2. The van der Waals surface area contributed by atoms with E-state index in [2.05, 4.69) is 10.3 Å². The van der Waals surface area contributed by atoms with Gasteiger partial charge in [-0.05, 0) is 23.8 Å². The van der Waals surface area contributed by atoms with Gasteiger partial charge in [0, 0.05) is 30.6 Å². The number of hydrogen-bond acceptors (Lipinski definition) is 4. The molecule has 1 atom stereocenters. The van der Waals surface area contributed by atoms with Gasteiger partial charge in [0.2, 0.25) is 0 Å². The van der Waals surface area contributed by atoms with E-state index >= 15 is 0 Å². The number of aromatic nitrogens is 1. The predicted octanol–water partition coefficient (Wildman–Crippen LogP) is 2.01. The number of rotatable bonds is 3. The minimum atomic E-state index is 0.167. The van der Waals surface area contributed by atoms with Gasteiger partial charge in [0.05, 0.1) is 6.04 Å². The highest BCUT2D eigenvalue weighted by molar-refractivity contribution is 5.44. The molecule has 4 heteroatoms. The average Bonchev–Trinajstić information content (AvgIpc) is 2.80. The minimum absolute atomic E-state index is 0.167. The Balaban J connectivity index is 1.70. The summed E-state index contributed by atoms with van der Waals surface area (Å²) in [5.74, 6) is 1.00. The van der Waals surface area contributed by atoms with Gasteiger partial charge < -0.3 is 15.2 Å².